The highest BCUT2D eigenvalue weighted by molar-refractivity contribution is 5.14. The van der Waals surface area contributed by atoms with E-state index in [9.17, 15) is 10.2 Å². The second-order valence-corrected chi connectivity index (χ2v) is 7.92. The lowest BCUT2D eigenvalue weighted by Crippen LogP contribution is -2.54. The first kappa shape index (κ1) is 12.0. The van der Waals surface area contributed by atoms with E-state index in [1.54, 1.807) is 0 Å². The number of rotatable bonds is 0. The van der Waals surface area contributed by atoms with Gasteiger partial charge in [0.25, 0.3) is 0 Å². The van der Waals surface area contributed by atoms with E-state index in [1.165, 1.54) is 6.42 Å². The van der Waals surface area contributed by atoms with Crippen molar-refractivity contribution in [2.24, 2.45) is 22.2 Å². The summed E-state index contributed by atoms with van der Waals surface area (Å²) in [6, 6.07) is 0. The van der Waals surface area contributed by atoms with Crippen LogP contribution in [0.2, 0.25) is 0 Å². The lowest BCUT2D eigenvalue weighted by Gasteiger charge is -2.57. The standard InChI is InChI=1S/C15H26O2/c1-13(2)8-12(17)15-7-5-11(16)14(3,9-15)6-4-10(13)15/h10-12,16-17H,4-9H2,1-3H3/t10-,11?,12?,14+,15-/m0/s1. The summed E-state index contributed by atoms with van der Waals surface area (Å²) in [7, 11) is 0. The van der Waals surface area contributed by atoms with Crippen LogP contribution in [0.1, 0.15) is 59.3 Å². The third kappa shape index (κ3) is 1.40. The molecule has 3 fully saturated rings. The Morgan fingerprint density at radius 2 is 1.65 bits per heavy atom. The quantitative estimate of drug-likeness (QED) is 0.681. The largest absolute Gasteiger partial charge is 0.393 e. The van der Waals surface area contributed by atoms with Gasteiger partial charge >= 0.3 is 0 Å². The highest BCUT2D eigenvalue weighted by Gasteiger charge is 2.64. The predicted molar refractivity (Wildman–Crippen MR) is 67.5 cm³/mol. The molecule has 3 aliphatic rings. The number of aliphatic hydroxyl groups excluding tert-OH is 2. The van der Waals surface area contributed by atoms with Gasteiger partial charge in [-0.3, -0.25) is 0 Å². The van der Waals surface area contributed by atoms with Gasteiger partial charge in [-0.25, -0.2) is 0 Å². The van der Waals surface area contributed by atoms with Crippen LogP contribution in [-0.4, -0.2) is 22.4 Å². The minimum Gasteiger partial charge on any atom is -0.393 e. The van der Waals surface area contributed by atoms with Crippen LogP contribution in [-0.2, 0) is 0 Å². The van der Waals surface area contributed by atoms with E-state index in [2.05, 4.69) is 20.8 Å². The molecule has 0 saturated heterocycles. The zero-order chi connectivity index (χ0) is 12.5. The third-order valence-corrected chi connectivity index (χ3v) is 6.45. The van der Waals surface area contributed by atoms with Gasteiger partial charge in [-0.1, -0.05) is 20.8 Å². The van der Waals surface area contributed by atoms with Crippen LogP contribution >= 0.6 is 0 Å². The van der Waals surface area contributed by atoms with Gasteiger partial charge in [0.15, 0.2) is 0 Å². The van der Waals surface area contributed by atoms with Crippen LogP contribution < -0.4 is 0 Å². The highest BCUT2D eigenvalue weighted by Crippen LogP contribution is 2.68. The average Bonchev–Trinajstić information content (AvgIpc) is 2.41. The summed E-state index contributed by atoms with van der Waals surface area (Å²) in [4.78, 5) is 0. The van der Waals surface area contributed by atoms with Crippen molar-refractivity contribution in [1.29, 1.82) is 0 Å². The van der Waals surface area contributed by atoms with Crippen LogP contribution in [0.4, 0.5) is 0 Å². The summed E-state index contributed by atoms with van der Waals surface area (Å²) in [5.74, 6) is 0.658. The van der Waals surface area contributed by atoms with E-state index in [-0.39, 0.29) is 28.5 Å². The van der Waals surface area contributed by atoms with E-state index in [0.29, 0.717) is 5.92 Å². The van der Waals surface area contributed by atoms with Gasteiger partial charge in [0.05, 0.1) is 12.2 Å². The van der Waals surface area contributed by atoms with Crippen molar-refractivity contribution in [1.82, 2.24) is 0 Å². The van der Waals surface area contributed by atoms with Gasteiger partial charge in [-0.15, -0.1) is 0 Å². The van der Waals surface area contributed by atoms with Crippen molar-refractivity contribution >= 4 is 0 Å². The van der Waals surface area contributed by atoms with Crippen molar-refractivity contribution in [3.8, 4) is 0 Å². The summed E-state index contributed by atoms with van der Waals surface area (Å²) in [5, 5.41) is 20.8. The predicted octanol–water partition coefficient (Wildman–Crippen LogP) is 2.72. The Kier molecular flexibility index (Phi) is 2.30. The van der Waals surface area contributed by atoms with Crippen LogP contribution in [0.5, 0.6) is 0 Å². The molecular weight excluding hydrogens is 212 g/mol. The fourth-order valence-corrected chi connectivity index (χ4v) is 5.56. The number of hydrogen-bond donors (Lipinski definition) is 2. The molecule has 98 valence electrons. The smallest absolute Gasteiger partial charge is 0.0604 e. The Morgan fingerprint density at radius 1 is 0.941 bits per heavy atom. The molecule has 2 unspecified atom stereocenters. The van der Waals surface area contributed by atoms with Crippen molar-refractivity contribution in [2.45, 2.75) is 71.5 Å². The molecule has 2 nitrogen and oxygen atoms in total. The van der Waals surface area contributed by atoms with Gasteiger partial charge in [-0.05, 0) is 55.3 Å². The molecule has 1 spiro atoms. The maximum atomic E-state index is 10.6. The molecule has 3 saturated carbocycles. The third-order valence-electron chi connectivity index (χ3n) is 6.45. The van der Waals surface area contributed by atoms with Crippen molar-refractivity contribution < 1.29 is 10.2 Å². The first-order chi connectivity index (χ1) is 7.80. The molecule has 0 aromatic rings. The maximum absolute atomic E-state index is 10.6. The Bertz CT molecular complexity index is 338. The SMILES string of the molecule is CC1(C)CC(O)[C@]23CCC(O)[C@](C)(CC[C@@H]12)C3. The van der Waals surface area contributed by atoms with E-state index >= 15 is 0 Å². The lowest BCUT2D eigenvalue weighted by atomic mass is 9.49. The van der Waals surface area contributed by atoms with Crippen molar-refractivity contribution in [3.63, 3.8) is 0 Å². The molecule has 0 radical (unpaired) electrons. The second-order valence-electron chi connectivity index (χ2n) is 7.92. The van der Waals surface area contributed by atoms with Crippen LogP contribution in [0, 0.1) is 22.2 Å². The molecular formula is C15H26O2. The van der Waals surface area contributed by atoms with Gasteiger partial charge in [-0.2, -0.15) is 0 Å². The number of hydrogen-bond acceptors (Lipinski definition) is 2. The summed E-state index contributed by atoms with van der Waals surface area (Å²) < 4.78 is 0. The number of fused-ring (bicyclic) bond motifs is 1. The maximum Gasteiger partial charge on any atom is 0.0604 e. The molecule has 0 aliphatic heterocycles. The van der Waals surface area contributed by atoms with Gasteiger partial charge < -0.3 is 10.2 Å². The topological polar surface area (TPSA) is 40.5 Å². The normalized spacial score (nSPS) is 56.6. The Balaban J connectivity index is 2.00. The summed E-state index contributed by atoms with van der Waals surface area (Å²) in [6.45, 7) is 6.87. The van der Waals surface area contributed by atoms with Gasteiger partial charge in [0.2, 0.25) is 0 Å². The lowest BCUT2D eigenvalue weighted by molar-refractivity contribution is -0.144. The zero-order valence-electron chi connectivity index (χ0n) is 11.4. The Morgan fingerprint density at radius 3 is 2.35 bits per heavy atom. The molecule has 3 aliphatic carbocycles. The summed E-state index contributed by atoms with van der Waals surface area (Å²) >= 11 is 0. The molecule has 0 aromatic carbocycles. The fourth-order valence-electron chi connectivity index (χ4n) is 5.56. The molecule has 2 N–H and O–H groups in total. The van der Waals surface area contributed by atoms with Crippen molar-refractivity contribution in [2.75, 3.05) is 0 Å². The first-order valence-corrected chi connectivity index (χ1v) is 7.16. The zero-order valence-corrected chi connectivity index (χ0v) is 11.4. The minimum atomic E-state index is -0.148. The summed E-state index contributed by atoms with van der Waals surface area (Å²) in [5.41, 5.74) is 0.467. The summed E-state index contributed by atoms with van der Waals surface area (Å²) in [6.07, 6.45) is 5.94. The van der Waals surface area contributed by atoms with E-state index in [1.807, 2.05) is 0 Å². The first-order valence-electron chi connectivity index (χ1n) is 7.16. The highest BCUT2D eigenvalue weighted by atomic mass is 16.3. The van der Waals surface area contributed by atoms with E-state index < -0.39 is 0 Å². The van der Waals surface area contributed by atoms with Crippen LogP contribution in [0.3, 0.4) is 0 Å². The van der Waals surface area contributed by atoms with Crippen LogP contribution in [0.15, 0.2) is 0 Å². The monoisotopic (exact) mass is 238 g/mol. The Labute approximate surface area is 104 Å². The minimum absolute atomic E-state index is 0.0656. The average molecular weight is 238 g/mol. The van der Waals surface area contributed by atoms with Crippen molar-refractivity contribution in [3.05, 3.63) is 0 Å². The molecule has 2 bridgehead atoms. The molecule has 3 rings (SSSR count). The van der Waals surface area contributed by atoms with Gasteiger partial charge in [0.1, 0.15) is 0 Å². The van der Waals surface area contributed by atoms with E-state index in [4.69, 9.17) is 0 Å². The molecule has 0 aromatic heterocycles. The van der Waals surface area contributed by atoms with E-state index in [0.717, 1.165) is 32.1 Å². The molecule has 2 heteroatoms. The van der Waals surface area contributed by atoms with Crippen LogP contribution in [0.25, 0.3) is 0 Å². The van der Waals surface area contributed by atoms with Gasteiger partial charge in [0, 0.05) is 5.41 Å². The molecule has 5 atom stereocenters. The molecule has 17 heavy (non-hydrogen) atoms. The second kappa shape index (κ2) is 3.27. The molecule has 0 amide bonds. The number of aliphatic hydroxyl groups is 2. The molecule has 0 heterocycles. The Hall–Kier alpha value is -0.0800. The fraction of sp³-hybridized carbons (Fsp3) is 1.00.